The first kappa shape index (κ1) is 22.7. The lowest BCUT2D eigenvalue weighted by molar-refractivity contribution is 0.0390. The Morgan fingerprint density at radius 2 is 1.91 bits per heavy atom. The summed E-state index contributed by atoms with van der Waals surface area (Å²) in [6.07, 6.45) is 0. The molecule has 1 aliphatic heterocycles. The number of anilines is 1. The van der Waals surface area contributed by atoms with Gasteiger partial charge in [0, 0.05) is 26.2 Å². The number of hydrogen-bond donors (Lipinski definition) is 0. The van der Waals surface area contributed by atoms with E-state index in [1.54, 1.807) is 29.2 Å². The molecule has 1 amide bonds. The van der Waals surface area contributed by atoms with Crippen molar-refractivity contribution in [3.05, 3.63) is 58.1 Å². The molecule has 1 saturated heterocycles. The summed E-state index contributed by atoms with van der Waals surface area (Å²) in [6, 6.07) is 10.4. The molecule has 1 fully saturated rings. The molecule has 0 bridgehead atoms. The zero-order valence-corrected chi connectivity index (χ0v) is 19.5. The number of carbonyl (C=O) groups excluding carboxylic acids is 2. The van der Waals surface area contributed by atoms with Crippen LogP contribution in [0.1, 0.15) is 26.3 Å². The van der Waals surface area contributed by atoms with Gasteiger partial charge in [-0.15, -0.1) is 0 Å². The third kappa shape index (κ3) is 4.63. The van der Waals surface area contributed by atoms with Crippen molar-refractivity contribution in [3.63, 3.8) is 0 Å². The van der Waals surface area contributed by atoms with Crippen LogP contribution in [0.2, 0.25) is 5.02 Å². The number of rotatable bonds is 6. The SMILES string of the molecule is COC(=O)c1ccccc1C(=O)N(CCN1CCOCC1)c1nc2c(C)ccc(Cl)c2s1. The van der Waals surface area contributed by atoms with Gasteiger partial charge in [-0.2, -0.15) is 0 Å². The monoisotopic (exact) mass is 473 g/mol. The Hall–Kier alpha value is -2.52. The van der Waals surface area contributed by atoms with Crippen molar-refractivity contribution < 1.29 is 19.1 Å². The molecule has 1 aliphatic rings. The summed E-state index contributed by atoms with van der Waals surface area (Å²) < 4.78 is 11.2. The van der Waals surface area contributed by atoms with E-state index in [-0.39, 0.29) is 17.0 Å². The number of ether oxygens (including phenoxy) is 2. The zero-order chi connectivity index (χ0) is 22.7. The van der Waals surface area contributed by atoms with Gasteiger partial charge in [-0.05, 0) is 30.7 Å². The zero-order valence-electron chi connectivity index (χ0n) is 18.0. The van der Waals surface area contributed by atoms with Crippen molar-refractivity contribution in [2.45, 2.75) is 6.92 Å². The number of nitrogens with zero attached hydrogens (tertiary/aromatic N) is 3. The molecule has 32 heavy (non-hydrogen) atoms. The molecule has 9 heteroatoms. The summed E-state index contributed by atoms with van der Waals surface area (Å²) in [5.41, 5.74) is 2.28. The standard InChI is InChI=1S/C23H24ClN3O4S/c1-15-7-8-18(24)20-19(15)25-23(32-20)27(10-9-26-11-13-31-14-12-26)21(28)16-5-3-4-6-17(16)22(29)30-2/h3-8H,9-14H2,1-2H3. The number of halogens is 1. The highest BCUT2D eigenvalue weighted by Gasteiger charge is 2.27. The molecule has 2 aromatic carbocycles. The number of fused-ring (bicyclic) bond motifs is 1. The number of hydrogen-bond acceptors (Lipinski definition) is 7. The lowest BCUT2D eigenvalue weighted by atomic mass is 10.1. The quantitative estimate of drug-likeness (QED) is 0.503. The van der Waals surface area contributed by atoms with Crippen LogP contribution in [0, 0.1) is 6.92 Å². The first-order valence-corrected chi connectivity index (χ1v) is 11.5. The van der Waals surface area contributed by atoms with Crippen LogP contribution in [0.5, 0.6) is 0 Å². The van der Waals surface area contributed by atoms with E-state index in [1.165, 1.54) is 18.4 Å². The highest BCUT2D eigenvalue weighted by Crippen LogP contribution is 2.36. The fraction of sp³-hybridized carbons (Fsp3) is 0.348. The molecule has 7 nitrogen and oxygen atoms in total. The number of benzene rings is 2. The minimum atomic E-state index is -0.551. The maximum absolute atomic E-state index is 13.7. The highest BCUT2D eigenvalue weighted by molar-refractivity contribution is 7.23. The van der Waals surface area contributed by atoms with Crippen molar-refractivity contribution in [1.29, 1.82) is 0 Å². The predicted molar refractivity (Wildman–Crippen MR) is 126 cm³/mol. The molecule has 2 heterocycles. The molecule has 0 unspecified atom stereocenters. The third-order valence-electron chi connectivity index (χ3n) is 5.47. The van der Waals surface area contributed by atoms with Gasteiger partial charge in [0.2, 0.25) is 0 Å². The van der Waals surface area contributed by atoms with E-state index in [2.05, 4.69) is 4.90 Å². The Morgan fingerprint density at radius 3 is 2.59 bits per heavy atom. The Labute approximate surface area is 195 Å². The van der Waals surface area contributed by atoms with E-state index >= 15 is 0 Å². The van der Waals surface area contributed by atoms with Crippen molar-refractivity contribution >= 4 is 50.2 Å². The number of carbonyl (C=O) groups is 2. The maximum atomic E-state index is 13.7. The molecule has 168 valence electrons. The minimum absolute atomic E-state index is 0.228. The third-order valence-corrected chi connectivity index (χ3v) is 7.01. The van der Waals surface area contributed by atoms with Gasteiger partial charge in [0.25, 0.3) is 5.91 Å². The molecule has 1 aromatic heterocycles. The van der Waals surface area contributed by atoms with Gasteiger partial charge in [0.05, 0.1) is 46.7 Å². The van der Waals surface area contributed by atoms with Gasteiger partial charge in [-0.1, -0.05) is 41.1 Å². The Morgan fingerprint density at radius 1 is 1.19 bits per heavy atom. The van der Waals surface area contributed by atoms with Crippen molar-refractivity contribution in [3.8, 4) is 0 Å². The second-order valence-electron chi connectivity index (χ2n) is 7.49. The number of esters is 1. The van der Waals surface area contributed by atoms with Crippen LogP contribution in [-0.4, -0.2) is 68.3 Å². The lowest BCUT2D eigenvalue weighted by Crippen LogP contribution is -2.43. The van der Waals surface area contributed by atoms with Crippen LogP contribution in [0.4, 0.5) is 5.13 Å². The number of amides is 1. The van der Waals surface area contributed by atoms with Crippen LogP contribution >= 0.6 is 22.9 Å². The maximum Gasteiger partial charge on any atom is 0.338 e. The fourth-order valence-electron chi connectivity index (χ4n) is 3.66. The molecule has 0 saturated carbocycles. The Kier molecular flexibility index (Phi) is 7.05. The summed E-state index contributed by atoms with van der Waals surface area (Å²) in [5, 5.41) is 1.15. The van der Waals surface area contributed by atoms with Crippen molar-refractivity contribution in [1.82, 2.24) is 9.88 Å². The molecule has 0 N–H and O–H groups in total. The van der Waals surface area contributed by atoms with Crippen molar-refractivity contribution in [2.24, 2.45) is 0 Å². The molecule has 0 aliphatic carbocycles. The first-order chi connectivity index (χ1) is 15.5. The first-order valence-electron chi connectivity index (χ1n) is 10.3. The smallest absolute Gasteiger partial charge is 0.338 e. The van der Waals surface area contributed by atoms with Crippen LogP contribution in [0.15, 0.2) is 36.4 Å². The summed E-state index contributed by atoms with van der Waals surface area (Å²) in [7, 11) is 1.30. The fourth-order valence-corrected chi connectivity index (χ4v) is 5.00. The van der Waals surface area contributed by atoms with E-state index in [9.17, 15) is 9.59 Å². The molecule has 0 spiro atoms. The molecular weight excluding hydrogens is 450 g/mol. The van der Waals surface area contributed by atoms with Crippen LogP contribution in [-0.2, 0) is 9.47 Å². The Balaban J connectivity index is 1.73. The molecule has 0 radical (unpaired) electrons. The van der Waals surface area contributed by atoms with Crippen LogP contribution in [0.25, 0.3) is 10.2 Å². The van der Waals surface area contributed by atoms with E-state index in [4.69, 9.17) is 26.1 Å². The van der Waals surface area contributed by atoms with E-state index in [1.807, 2.05) is 19.1 Å². The number of aromatic nitrogens is 1. The molecule has 3 aromatic rings. The van der Waals surface area contributed by atoms with Gasteiger partial charge in [-0.3, -0.25) is 14.6 Å². The van der Waals surface area contributed by atoms with Gasteiger partial charge in [-0.25, -0.2) is 9.78 Å². The topological polar surface area (TPSA) is 72.0 Å². The Bertz CT molecular complexity index is 1100. The number of thiazole rings is 1. The van der Waals surface area contributed by atoms with Gasteiger partial charge >= 0.3 is 5.97 Å². The average molecular weight is 474 g/mol. The largest absolute Gasteiger partial charge is 0.465 e. The molecular formula is C23H24ClN3O4S. The summed E-state index contributed by atoms with van der Waals surface area (Å²) in [5.74, 6) is -0.850. The van der Waals surface area contributed by atoms with Crippen LogP contribution in [0.3, 0.4) is 0 Å². The highest BCUT2D eigenvalue weighted by atomic mass is 35.5. The average Bonchev–Trinajstić information content (AvgIpc) is 3.28. The number of morpholine rings is 1. The van der Waals surface area contributed by atoms with Gasteiger partial charge in [0.15, 0.2) is 5.13 Å². The lowest BCUT2D eigenvalue weighted by Gasteiger charge is -2.29. The van der Waals surface area contributed by atoms with Gasteiger partial charge < -0.3 is 9.47 Å². The number of aryl methyl sites for hydroxylation is 1. The van der Waals surface area contributed by atoms with E-state index in [0.717, 1.165) is 28.9 Å². The van der Waals surface area contributed by atoms with E-state index < -0.39 is 5.97 Å². The van der Waals surface area contributed by atoms with Gasteiger partial charge in [0.1, 0.15) is 0 Å². The van der Waals surface area contributed by atoms with Crippen LogP contribution < -0.4 is 4.90 Å². The summed E-state index contributed by atoms with van der Waals surface area (Å²) >= 11 is 7.79. The molecule has 4 rings (SSSR count). The molecule has 0 atom stereocenters. The normalized spacial score (nSPS) is 14.5. The van der Waals surface area contributed by atoms with Crippen molar-refractivity contribution in [2.75, 3.05) is 51.4 Å². The summed E-state index contributed by atoms with van der Waals surface area (Å²) in [6.45, 7) is 6.03. The summed E-state index contributed by atoms with van der Waals surface area (Å²) in [4.78, 5) is 34.6. The number of methoxy groups -OCH3 is 1. The van der Waals surface area contributed by atoms with E-state index in [0.29, 0.717) is 36.5 Å². The predicted octanol–water partition coefficient (Wildman–Crippen LogP) is 4.02. The second kappa shape index (κ2) is 9.95. The second-order valence-corrected chi connectivity index (χ2v) is 8.87. The minimum Gasteiger partial charge on any atom is -0.465 e.